The summed E-state index contributed by atoms with van der Waals surface area (Å²) >= 11 is 0. The average molecular weight is 269 g/mol. The van der Waals surface area contributed by atoms with Gasteiger partial charge in [-0.3, -0.25) is 0 Å². The largest absolute Gasteiger partial charge is 0.363 e. The minimum Gasteiger partial charge on any atom is -0.363 e. The Bertz CT molecular complexity index is 549. The van der Waals surface area contributed by atoms with Crippen LogP contribution in [-0.2, 0) is 0 Å². The van der Waals surface area contributed by atoms with Gasteiger partial charge in [0.15, 0.2) is 0 Å². The summed E-state index contributed by atoms with van der Waals surface area (Å²) in [6.07, 6.45) is 1.02. The van der Waals surface area contributed by atoms with Crippen LogP contribution in [0.25, 0.3) is 0 Å². The van der Waals surface area contributed by atoms with Gasteiger partial charge in [-0.05, 0) is 18.9 Å². The summed E-state index contributed by atoms with van der Waals surface area (Å²) in [5.74, 6) is 2.15. The smallest absolute Gasteiger partial charge is 0.133 e. The number of nitrogens with one attached hydrogen (secondary N) is 1. The van der Waals surface area contributed by atoms with Gasteiger partial charge in [0.2, 0.25) is 0 Å². The van der Waals surface area contributed by atoms with Gasteiger partial charge in [0.25, 0.3) is 0 Å². The van der Waals surface area contributed by atoms with Gasteiger partial charge in [-0.1, -0.05) is 51.1 Å². The second kappa shape index (κ2) is 6.51. The first-order valence-electron chi connectivity index (χ1n) is 7.27. The first kappa shape index (κ1) is 14.5. The molecule has 0 bridgehead atoms. The molecule has 0 radical (unpaired) electrons. The molecular weight excluding hydrogens is 246 g/mol. The van der Waals surface area contributed by atoms with Crippen LogP contribution in [0.4, 0.5) is 5.82 Å². The fourth-order valence-electron chi connectivity index (χ4n) is 2.21. The van der Waals surface area contributed by atoms with Crippen molar-refractivity contribution < 1.29 is 0 Å². The number of nitrogens with zero attached hydrogens (tertiary/aromatic N) is 2. The summed E-state index contributed by atoms with van der Waals surface area (Å²) in [6.45, 7) is 8.43. The summed E-state index contributed by atoms with van der Waals surface area (Å²) in [5.41, 5.74) is 2.30. The summed E-state index contributed by atoms with van der Waals surface area (Å²) in [4.78, 5) is 9.11. The van der Waals surface area contributed by atoms with Crippen LogP contribution in [0.15, 0.2) is 36.4 Å². The fourth-order valence-corrected chi connectivity index (χ4v) is 2.21. The summed E-state index contributed by atoms with van der Waals surface area (Å²) in [5, 5.41) is 3.53. The molecule has 3 heteroatoms. The third-order valence-electron chi connectivity index (χ3n) is 3.32. The molecule has 0 fully saturated rings. The van der Waals surface area contributed by atoms with Crippen LogP contribution in [-0.4, -0.2) is 9.97 Å². The van der Waals surface area contributed by atoms with E-state index >= 15 is 0 Å². The molecule has 106 valence electrons. The van der Waals surface area contributed by atoms with Crippen LogP contribution >= 0.6 is 0 Å². The van der Waals surface area contributed by atoms with Gasteiger partial charge in [0, 0.05) is 17.7 Å². The Morgan fingerprint density at radius 3 is 2.40 bits per heavy atom. The van der Waals surface area contributed by atoms with Gasteiger partial charge in [0.05, 0.1) is 6.04 Å². The lowest BCUT2D eigenvalue weighted by molar-refractivity contribution is 0.728. The summed E-state index contributed by atoms with van der Waals surface area (Å²) in [7, 11) is 0. The van der Waals surface area contributed by atoms with Gasteiger partial charge < -0.3 is 5.32 Å². The first-order valence-corrected chi connectivity index (χ1v) is 7.27. The molecule has 0 spiro atoms. The molecule has 2 rings (SSSR count). The Hall–Kier alpha value is -1.90. The Labute approximate surface area is 121 Å². The number of aryl methyl sites for hydroxylation is 1. The Kier molecular flexibility index (Phi) is 4.72. The summed E-state index contributed by atoms with van der Waals surface area (Å²) in [6, 6.07) is 12.8. The van der Waals surface area contributed by atoms with Crippen LogP contribution in [0.3, 0.4) is 0 Å². The molecule has 20 heavy (non-hydrogen) atoms. The zero-order valence-electron chi connectivity index (χ0n) is 12.7. The van der Waals surface area contributed by atoms with E-state index in [9.17, 15) is 0 Å². The minimum atomic E-state index is 0.283. The molecule has 3 nitrogen and oxygen atoms in total. The van der Waals surface area contributed by atoms with Crippen LogP contribution in [0.5, 0.6) is 0 Å². The Morgan fingerprint density at radius 2 is 1.80 bits per heavy atom. The van der Waals surface area contributed by atoms with Crippen molar-refractivity contribution in [1.82, 2.24) is 9.97 Å². The van der Waals surface area contributed by atoms with Crippen molar-refractivity contribution in [2.75, 3.05) is 5.32 Å². The molecule has 1 unspecified atom stereocenters. The predicted molar refractivity (Wildman–Crippen MR) is 84.0 cm³/mol. The number of hydrogen-bond acceptors (Lipinski definition) is 3. The van der Waals surface area contributed by atoms with Gasteiger partial charge >= 0.3 is 0 Å². The number of benzene rings is 1. The van der Waals surface area contributed by atoms with E-state index in [1.807, 2.05) is 19.1 Å². The Balaban J connectivity index is 2.24. The highest BCUT2D eigenvalue weighted by atomic mass is 15.1. The highest BCUT2D eigenvalue weighted by Gasteiger charge is 2.11. The molecule has 1 aromatic heterocycles. The molecular formula is C17H23N3. The lowest BCUT2D eigenvalue weighted by atomic mass is 10.0. The van der Waals surface area contributed by atoms with Crippen molar-refractivity contribution in [3.8, 4) is 0 Å². The standard InChI is InChI=1S/C17H23N3/c1-5-15(14-9-7-6-8-10-14)19-16-11-13(4)18-17(20-16)12(2)3/h6-12,15H,5H2,1-4H3,(H,18,19,20). The van der Waals surface area contributed by atoms with E-state index in [-0.39, 0.29) is 6.04 Å². The second-order valence-corrected chi connectivity index (χ2v) is 5.42. The van der Waals surface area contributed by atoms with Crippen LogP contribution in [0, 0.1) is 6.92 Å². The van der Waals surface area contributed by atoms with Crippen molar-refractivity contribution >= 4 is 5.82 Å². The van der Waals surface area contributed by atoms with Crippen molar-refractivity contribution in [2.24, 2.45) is 0 Å². The van der Waals surface area contributed by atoms with E-state index in [0.717, 1.165) is 23.8 Å². The lowest BCUT2D eigenvalue weighted by Crippen LogP contribution is -2.12. The highest BCUT2D eigenvalue weighted by Crippen LogP contribution is 2.22. The van der Waals surface area contributed by atoms with Gasteiger partial charge in [-0.15, -0.1) is 0 Å². The minimum absolute atomic E-state index is 0.283. The van der Waals surface area contributed by atoms with E-state index in [2.05, 4.69) is 60.3 Å². The number of hydrogen-bond donors (Lipinski definition) is 1. The maximum absolute atomic E-state index is 4.62. The number of anilines is 1. The van der Waals surface area contributed by atoms with Crippen LogP contribution < -0.4 is 5.32 Å². The van der Waals surface area contributed by atoms with E-state index in [1.165, 1.54) is 5.56 Å². The molecule has 0 aliphatic heterocycles. The quantitative estimate of drug-likeness (QED) is 0.870. The molecule has 0 aliphatic rings. The number of rotatable bonds is 5. The molecule has 1 aromatic carbocycles. The van der Waals surface area contributed by atoms with Crippen molar-refractivity contribution in [2.45, 2.75) is 46.1 Å². The third-order valence-corrected chi connectivity index (χ3v) is 3.32. The van der Waals surface area contributed by atoms with E-state index < -0.39 is 0 Å². The first-order chi connectivity index (χ1) is 9.60. The molecule has 1 heterocycles. The average Bonchev–Trinajstić information content (AvgIpc) is 2.45. The SMILES string of the molecule is CCC(Nc1cc(C)nc(C(C)C)n1)c1ccccc1. The highest BCUT2D eigenvalue weighted by molar-refractivity contribution is 5.40. The van der Waals surface area contributed by atoms with E-state index in [4.69, 9.17) is 0 Å². The molecule has 0 saturated heterocycles. The maximum atomic E-state index is 4.62. The van der Waals surface area contributed by atoms with Gasteiger partial charge in [-0.2, -0.15) is 0 Å². The Morgan fingerprint density at radius 1 is 1.10 bits per heavy atom. The van der Waals surface area contributed by atoms with Crippen LogP contribution in [0.1, 0.15) is 56.2 Å². The van der Waals surface area contributed by atoms with E-state index in [1.54, 1.807) is 0 Å². The third kappa shape index (κ3) is 3.56. The molecule has 2 aromatic rings. The normalized spacial score (nSPS) is 12.4. The zero-order chi connectivity index (χ0) is 14.5. The fraction of sp³-hybridized carbons (Fsp3) is 0.412. The lowest BCUT2D eigenvalue weighted by Gasteiger charge is -2.19. The van der Waals surface area contributed by atoms with Gasteiger partial charge in [-0.25, -0.2) is 9.97 Å². The van der Waals surface area contributed by atoms with Crippen molar-refractivity contribution in [1.29, 1.82) is 0 Å². The van der Waals surface area contributed by atoms with Gasteiger partial charge in [0.1, 0.15) is 11.6 Å². The summed E-state index contributed by atoms with van der Waals surface area (Å²) < 4.78 is 0. The maximum Gasteiger partial charge on any atom is 0.133 e. The zero-order valence-corrected chi connectivity index (χ0v) is 12.7. The second-order valence-electron chi connectivity index (χ2n) is 5.42. The van der Waals surface area contributed by atoms with Crippen molar-refractivity contribution in [3.63, 3.8) is 0 Å². The monoisotopic (exact) mass is 269 g/mol. The molecule has 0 saturated carbocycles. The molecule has 0 amide bonds. The number of aromatic nitrogens is 2. The van der Waals surface area contributed by atoms with Crippen LogP contribution in [0.2, 0.25) is 0 Å². The molecule has 1 N–H and O–H groups in total. The van der Waals surface area contributed by atoms with E-state index in [0.29, 0.717) is 5.92 Å². The molecule has 0 aliphatic carbocycles. The van der Waals surface area contributed by atoms with Crippen molar-refractivity contribution in [3.05, 3.63) is 53.5 Å². The molecule has 1 atom stereocenters. The predicted octanol–water partition coefficient (Wildman–Crippen LogP) is 4.47. The topological polar surface area (TPSA) is 37.8 Å².